The summed E-state index contributed by atoms with van der Waals surface area (Å²) in [6.45, 7) is 3.75. The number of rotatable bonds is 7. The van der Waals surface area contributed by atoms with Gasteiger partial charge in [-0.05, 0) is 51.1 Å². The number of nitrogens with two attached hydrogens (primary N) is 1. The molecule has 0 aliphatic carbocycles. The maximum atomic E-state index is 13.5. The molecule has 18 heavy (non-hydrogen) atoms. The zero-order chi connectivity index (χ0) is 13.5. The maximum Gasteiger partial charge on any atom is 0.165 e. The van der Waals surface area contributed by atoms with Crippen LogP contribution in [-0.2, 0) is 6.42 Å². The highest BCUT2D eigenvalue weighted by Gasteiger charge is 2.09. The fraction of sp³-hybridized carbons (Fsp3) is 0.571. The van der Waals surface area contributed by atoms with Crippen LogP contribution in [0.4, 0.5) is 4.39 Å². The third kappa shape index (κ3) is 4.27. The van der Waals surface area contributed by atoms with Gasteiger partial charge < -0.3 is 15.4 Å². The van der Waals surface area contributed by atoms with E-state index in [1.807, 2.05) is 6.07 Å². The van der Waals surface area contributed by atoms with Gasteiger partial charge in [0.2, 0.25) is 0 Å². The van der Waals surface area contributed by atoms with Crippen molar-refractivity contribution in [1.82, 2.24) is 4.90 Å². The normalized spacial score (nSPS) is 12.8. The van der Waals surface area contributed by atoms with E-state index in [2.05, 4.69) is 18.9 Å². The van der Waals surface area contributed by atoms with Crippen LogP contribution >= 0.6 is 0 Å². The molecular weight excluding hydrogens is 231 g/mol. The summed E-state index contributed by atoms with van der Waals surface area (Å²) >= 11 is 0. The molecular formula is C14H23FN2O. The smallest absolute Gasteiger partial charge is 0.165 e. The van der Waals surface area contributed by atoms with Gasteiger partial charge >= 0.3 is 0 Å². The Labute approximate surface area is 109 Å². The van der Waals surface area contributed by atoms with Gasteiger partial charge in [0, 0.05) is 12.6 Å². The van der Waals surface area contributed by atoms with Crippen molar-refractivity contribution in [2.75, 3.05) is 27.2 Å². The zero-order valence-corrected chi connectivity index (χ0v) is 11.4. The van der Waals surface area contributed by atoms with Gasteiger partial charge in [-0.3, -0.25) is 0 Å². The third-order valence-electron chi connectivity index (χ3n) is 3.31. The Morgan fingerprint density at radius 1 is 1.44 bits per heavy atom. The first-order chi connectivity index (χ1) is 8.58. The monoisotopic (exact) mass is 254 g/mol. The first-order valence-electron chi connectivity index (χ1n) is 6.31. The molecule has 0 bridgehead atoms. The van der Waals surface area contributed by atoms with Gasteiger partial charge in [-0.25, -0.2) is 4.39 Å². The first kappa shape index (κ1) is 14.9. The van der Waals surface area contributed by atoms with Gasteiger partial charge in [0.25, 0.3) is 0 Å². The summed E-state index contributed by atoms with van der Waals surface area (Å²) in [5.74, 6) is -0.00346. The Bertz CT molecular complexity index is 371. The molecule has 0 saturated heterocycles. The van der Waals surface area contributed by atoms with Crippen molar-refractivity contribution in [3.63, 3.8) is 0 Å². The van der Waals surface area contributed by atoms with Crippen LogP contribution in [-0.4, -0.2) is 38.2 Å². The van der Waals surface area contributed by atoms with E-state index in [0.29, 0.717) is 18.3 Å². The van der Waals surface area contributed by atoms with E-state index in [-0.39, 0.29) is 5.82 Å². The highest BCUT2D eigenvalue weighted by Crippen LogP contribution is 2.18. The van der Waals surface area contributed by atoms with Crippen LogP contribution in [0.25, 0.3) is 0 Å². The lowest BCUT2D eigenvalue weighted by Gasteiger charge is -2.24. The van der Waals surface area contributed by atoms with Gasteiger partial charge in [0.1, 0.15) is 0 Å². The van der Waals surface area contributed by atoms with Gasteiger partial charge in [-0.15, -0.1) is 0 Å². The van der Waals surface area contributed by atoms with Crippen LogP contribution in [0.2, 0.25) is 0 Å². The minimum atomic E-state index is -0.298. The van der Waals surface area contributed by atoms with Crippen molar-refractivity contribution in [3.05, 3.63) is 29.6 Å². The van der Waals surface area contributed by atoms with Gasteiger partial charge in [-0.2, -0.15) is 0 Å². The van der Waals surface area contributed by atoms with E-state index < -0.39 is 0 Å². The van der Waals surface area contributed by atoms with Crippen molar-refractivity contribution >= 4 is 0 Å². The Balaban J connectivity index is 2.50. The molecule has 0 aliphatic rings. The number of likely N-dealkylation sites (N-methyl/N-ethyl adjacent to an activating group) is 1. The SMILES string of the molecule is COc1ccc(CCN(C)C(C)CCN)cc1F. The maximum absolute atomic E-state index is 13.5. The summed E-state index contributed by atoms with van der Waals surface area (Å²) in [5.41, 5.74) is 6.52. The average Bonchev–Trinajstić information content (AvgIpc) is 2.36. The molecule has 0 spiro atoms. The van der Waals surface area contributed by atoms with Gasteiger partial charge in [0.15, 0.2) is 11.6 Å². The van der Waals surface area contributed by atoms with Crippen molar-refractivity contribution in [2.45, 2.75) is 25.8 Å². The van der Waals surface area contributed by atoms with Crippen molar-refractivity contribution in [1.29, 1.82) is 0 Å². The van der Waals surface area contributed by atoms with Crippen LogP contribution in [0.5, 0.6) is 5.75 Å². The second kappa shape index (κ2) is 7.34. The molecule has 4 heteroatoms. The highest BCUT2D eigenvalue weighted by molar-refractivity contribution is 5.29. The molecule has 0 fully saturated rings. The molecule has 1 unspecified atom stereocenters. The largest absolute Gasteiger partial charge is 0.494 e. The van der Waals surface area contributed by atoms with E-state index in [1.165, 1.54) is 7.11 Å². The number of methoxy groups -OCH3 is 1. The Morgan fingerprint density at radius 3 is 2.72 bits per heavy atom. The molecule has 3 nitrogen and oxygen atoms in total. The van der Waals surface area contributed by atoms with Crippen LogP contribution in [0, 0.1) is 5.82 Å². The first-order valence-corrected chi connectivity index (χ1v) is 6.31. The summed E-state index contributed by atoms with van der Waals surface area (Å²) in [5, 5.41) is 0. The molecule has 0 saturated carbocycles. The molecule has 2 N–H and O–H groups in total. The van der Waals surface area contributed by atoms with E-state index >= 15 is 0 Å². The van der Waals surface area contributed by atoms with Gasteiger partial charge in [0.05, 0.1) is 7.11 Å². The second-order valence-electron chi connectivity index (χ2n) is 4.63. The minimum Gasteiger partial charge on any atom is -0.494 e. The third-order valence-corrected chi connectivity index (χ3v) is 3.31. The van der Waals surface area contributed by atoms with E-state index in [4.69, 9.17) is 10.5 Å². The van der Waals surface area contributed by atoms with E-state index in [9.17, 15) is 4.39 Å². The molecule has 0 radical (unpaired) electrons. The Kier molecular flexibility index (Phi) is 6.09. The lowest BCUT2D eigenvalue weighted by Crippen LogP contribution is -2.32. The minimum absolute atomic E-state index is 0.295. The number of benzene rings is 1. The van der Waals surface area contributed by atoms with Crippen molar-refractivity contribution < 1.29 is 9.13 Å². The number of ether oxygens (including phenoxy) is 1. The average molecular weight is 254 g/mol. The van der Waals surface area contributed by atoms with Crippen LogP contribution in [0.3, 0.4) is 0 Å². The quantitative estimate of drug-likeness (QED) is 0.809. The molecule has 1 aromatic rings. The Hall–Kier alpha value is -1.13. The fourth-order valence-corrected chi connectivity index (χ4v) is 1.85. The second-order valence-corrected chi connectivity index (χ2v) is 4.63. The van der Waals surface area contributed by atoms with Crippen LogP contribution < -0.4 is 10.5 Å². The molecule has 0 aromatic heterocycles. The molecule has 0 heterocycles. The van der Waals surface area contributed by atoms with E-state index in [0.717, 1.165) is 24.9 Å². The molecule has 1 aromatic carbocycles. The predicted octanol–water partition coefficient (Wildman–Crippen LogP) is 2.05. The van der Waals surface area contributed by atoms with Crippen molar-refractivity contribution in [2.24, 2.45) is 5.73 Å². The number of halogens is 1. The lowest BCUT2D eigenvalue weighted by atomic mass is 10.1. The van der Waals surface area contributed by atoms with E-state index in [1.54, 1.807) is 12.1 Å². The summed E-state index contributed by atoms with van der Waals surface area (Å²) < 4.78 is 18.4. The number of nitrogens with zero attached hydrogens (tertiary/aromatic N) is 1. The molecule has 102 valence electrons. The summed E-state index contributed by atoms with van der Waals surface area (Å²) in [4.78, 5) is 2.25. The molecule has 1 rings (SSSR count). The molecule has 1 atom stereocenters. The van der Waals surface area contributed by atoms with Crippen LogP contribution in [0.1, 0.15) is 18.9 Å². The predicted molar refractivity (Wildman–Crippen MR) is 72.4 cm³/mol. The molecule has 0 aliphatic heterocycles. The molecule has 0 amide bonds. The van der Waals surface area contributed by atoms with Gasteiger partial charge in [-0.1, -0.05) is 6.07 Å². The number of hydrogen-bond donors (Lipinski definition) is 1. The summed E-state index contributed by atoms with van der Waals surface area (Å²) in [6, 6.07) is 5.58. The summed E-state index contributed by atoms with van der Waals surface area (Å²) in [7, 11) is 3.54. The highest BCUT2D eigenvalue weighted by atomic mass is 19.1. The van der Waals surface area contributed by atoms with Crippen molar-refractivity contribution in [3.8, 4) is 5.75 Å². The topological polar surface area (TPSA) is 38.5 Å². The Morgan fingerprint density at radius 2 is 2.17 bits per heavy atom. The standard InChI is InChI=1S/C14H23FN2O/c1-11(6-8-16)17(2)9-7-12-4-5-14(18-3)13(15)10-12/h4-5,10-11H,6-9,16H2,1-3H3. The zero-order valence-electron chi connectivity index (χ0n) is 11.4. The fourth-order valence-electron chi connectivity index (χ4n) is 1.85. The number of hydrogen-bond acceptors (Lipinski definition) is 3. The van der Waals surface area contributed by atoms with Crippen LogP contribution in [0.15, 0.2) is 18.2 Å². The lowest BCUT2D eigenvalue weighted by molar-refractivity contribution is 0.251. The summed E-state index contributed by atoms with van der Waals surface area (Å²) in [6.07, 6.45) is 1.81.